The molecule has 4 rings (SSSR count). The summed E-state index contributed by atoms with van der Waals surface area (Å²) in [6, 6.07) is 27.0. The molecule has 7 nitrogen and oxygen atoms in total. The number of hydrogen-bond donors (Lipinski definition) is 2. The summed E-state index contributed by atoms with van der Waals surface area (Å²) in [7, 11) is -3.88. The summed E-state index contributed by atoms with van der Waals surface area (Å²) in [6.07, 6.45) is 0. The van der Waals surface area contributed by atoms with Gasteiger partial charge < -0.3 is 14.8 Å². The van der Waals surface area contributed by atoms with Gasteiger partial charge in [-0.3, -0.25) is 9.52 Å². The standard InChI is InChI=1S/C27H22Cl2N2O5S/c28-20-6-8-22(9-7-20)31-37(33,34)24-14-15-26(25(29)16-24)36-18-27(32)30-21-10-12-23(13-11-21)35-17-19-4-2-1-3-5-19/h1-16,31H,17-18H2,(H,30,32). The van der Waals surface area contributed by atoms with Crippen LogP contribution in [-0.4, -0.2) is 20.9 Å². The maximum atomic E-state index is 12.6. The number of nitrogens with one attached hydrogen (secondary N) is 2. The molecule has 2 N–H and O–H groups in total. The molecule has 0 spiro atoms. The summed E-state index contributed by atoms with van der Waals surface area (Å²) in [4.78, 5) is 12.3. The van der Waals surface area contributed by atoms with E-state index in [9.17, 15) is 13.2 Å². The van der Waals surface area contributed by atoms with E-state index < -0.39 is 15.9 Å². The highest BCUT2D eigenvalue weighted by Gasteiger charge is 2.17. The van der Waals surface area contributed by atoms with E-state index in [1.165, 1.54) is 18.2 Å². The maximum absolute atomic E-state index is 12.6. The quantitative estimate of drug-likeness (QED) is 0.236. The number of sulfonamides is 1. The third-order valence-corrected chi connectivity index (χ3v) is 6.98. The molecule has 0 atom stereocenters. The van der Waals surface area contributed by atoms with E-state index in [0.717, 1.165) is 5.56 Å². The Morgan fingerprint density at radius 2 is 1.46 bits per heavy atom. The molecule has 0 saturated carbocycles. The highest BCUT2D eigenvalue weighted by Crippen LogP contribution is 2.28. The molecular formula is C27H22Cl2N2O5S. The Labute approximate surface area is 225 Å². The van der Waals surface area contributed by atoms with Gasteiger partial charge in [0.15, 0.2) is 6.61 Å². The largest absolute Gasteiger partial charge is 0.489 e. The van der Waals surface area contributed by atoms with E-state index in [0.29, 0.717) is 28.8 Å². The number of rotatable bonds is 10. The Balaban J connectivity index is 1.29. The van der Waals surface area contributed by atoms with Crippen LogP contribution in [0.1, 0.15) is 5.56 Å². The topological polar surface area (TPSA) is 93.7 Å². The minimum atomic E-state index is -3.88. The second-order valence-corrected chi connectivity index (χ2v) is 10.4. The minimum Gasteiger partial charge on any atom is -0.489 e. The monoisotopic (exact) mass is 556 g/mol. The van der Waals surface area contributed by atoms with Crippen molar-refractivity contribution in [3.05, 3.63) is 113 Å². The molecule has 4 aromatic rings. The lowest BCUT2D eigenvalue weighted by atomic mass is 10.2. The minimum absolute atomic E-state index is 0.0479. The van der Waals surface area contributed by atoms with E-state index in [4.69, 9.17) is 32.7 Å². The highest BCUT2D eigenvalue weighted by atomic mass is 35.5. The fraction of sp³-hybridized carbons (Fsp3) is 0.0741. The zero-order chi connectivity index (χ0) is 26.3. The van der Waals surface area contributed by atoms with E-state index in [2.05, 4.69) is 10.0 Å². The van der Waals surface area contributed by atoms with Crippen LogP contribution in [0.3, 0.4) is 0 Å². The van der Waals surface area contributed by atoms with Crippen molar-refractivity contribution in [3.8, 4) is 11.5 Å². The van der Waals surface area contributed by atoms with E-state index in [-0.39, 0.29) is 22.3 Å². The normalized spacial score (nSPS) is 11.0. The Bertz CT molecular complexity index is 1460. The molecule has 0 aliphatic heterocycles. The van der Waals surface area contributed by atoms with Crippen LogP contribution >= 0.6 is 23.2 Å². The summed E-state index contributed by atoms with van der Waals surface area (Å²) >= 11 is 12.0. The molecule has 0 aliphatic rings. The fourth-order valence-electron chi connectivity index (χ4n) is 3.21. The molecule has 0 saturated heterocycles. The molecular weight excluding hydrogens is 535 g/mol. The number of anilines is 2. The van der Waals surface area contributed by atoms with Gasteiger partial charge in [-0.1, -0.05) is 53.5 Å². The highest BCUT2D eigenvalue weighted by molar-refractivity contribution is 7.92. The first-order valence-corrected chi connectivity index (χ1v) is 13.3. The van der Waals surface area contributed by atoms with Crippen LogP contribution in [0.15, 0.2) is 102 Å². The number of halogens is 2. The van der Waals surface area contributed by atoms with Crippen molar-refractivity contribution < 1.29 is 22.7 Å². The molecule has 1 amide bonds. The average Bonchev–Trinajstić information content (AvgIpc) is 2.89. The van der Waals surface area contributed by atoms with Crippen molar-refractivity contribution in [2.45, 2.75) is 11.5 Å². The van der Waals surface area contributed by atoms with E-state index >= 15 is 0 Å². The summed E-state index contributed by atoms with van der Waals surface area (Å²) in [6.45, 7) is 0.125. The van der Waals surface area contributed by atoms with Crippen molar-refractivity contribution in [3.63, 3.8) is 0 Å². The van der Waals surface area contributed by atoms with Crippen LogP contribution in [0.5, 0.6) is 11.5 Å². The summed E-state index contributed by atoms with van der Waals surface area (Å²) in [5.74, 6) is 0.438. The first-order chi connectivity index (χ1) is 17.8. The summed E-state index contributed by atoms with van der Waals surface area (Å²) in [5, 5.41) is 3.26. The Kier molecular flexibility index (Phi) is 8.55. The van der Waals surface area contributed by atoms with Gasteiger partial charge in [-0.05, 0) is 72.3 Å². The molecule has 10 heteroatoms. The number of carbonyl (C=O) groups is 1. The Morgan fingerprint density at radius 3 is 2.14 bits per heavy atom. The molecule has 190 valence electrons. The predicted octanol–water partition coefficient (Wildman–Crippen LogP) is 6.39. The van der Waals surface area contributed by atoms with Crippen LogP contribution in [0.2, 0.25) is 10.0 Å². The van der Waals surface area contributed by atoms with Gasteiger partial charge in [-0.15, -0.1) is 0 Å². The maximum Gasteiger partial charge on any atom is 0.262 e. The first kappa shape index (κ1) is 26.3. The van der Waals surface area contributed by atoms with Gasteiger partial charge in [0.25, 0.3) is 15.9 Å². The van der Waals surface area contributed by atoms with Crippen LogP contribution in [-0.2, 0) is 21.4 Å². The molecule has 37 heavy (non-hydrogen) atoms. The van der Waals surface area contributed by atoms with Crippen molar-refractivity contribution >= 4 is 50.5 Å². The Hall–Kier alpha value is -3.72. The third-order valence-electron chi connectivity index (χ3n) is 5.06. The molecule has 0 heterocycles. The predicted molar refractivity (Wildman–Crippen MR) is 145 cm³/mol. The fourth-order valence-corrected chi connectivity index (χ4v) is 4.72. The van der Waals surface area contributed by atoms with Gasteiger partial charge in [-0.25, -0.2) is 8.42 Å². The number of benzene rings is 4. The summed E-state index contributed by atoms with van der Waals surface area (Å²) < 4.78 is 38.9. The number of hydrogen-bond acceptors (Lipinski definition) is 5. The molecule has 0 unspecified atom stereocenters. The number of amides is 1. The second kappa shape index (κ2) is 12.0. The lowest BCUT2D eigenvalue weighted by molar-refractivity contribution is -0.118. The van der Waals surface area contributed by atoms with Gasteiger partial charge in [0.2, 0.25) is 0 Å². The van der Waals surface area contributed by atoms with Gasteiger partial charge in [0.05, 0.1) is 9.92 Å². The van der Waals surface area contributed by atoms with Gasteiger partial charge in [0, 0.05) is 16.4 Å². The number of ether oxygens (including phenoxy) is 2. The molecule has 0 aliphatic carbocycles. The molecule has 0 bridgehead atoms. The first-order valence-electron chi connectivity index (χ1n) is 11.1. The molecule has 0 aromatic heterocycles. The number of carbonyl (C=O) groups excluding carboxylic acids is 1. The van der Waals surface area contributed by atoms with Crippen molar-refractivity contribution in [1.82, 2.24) is 0 Å². The van der Waals surface area contributed by atoms with E-state index in [1.54, 1.807) is 48.5 Å². The van der Waals surface area contributed by atoms with Crippen molar-refractivity contribution in [2.24, 2.45) is 0 Å². The van der Waals surface area contributed by atoms with Crippen LogP contribution < -0.4 is 19.5 Å². The van der Waals surface area contributed by atoms with Crippen LogP contribution in [0, 0.1) is 0 Å². The van der Waals surface area contributed by atoms with Crippen LogP contribution in [0.4, 0.5) is 11.4 Å². The molecule has 0 fully saturated rings. The van der Waals surface area contributed by atoms with E-state index in [1.807, 2.05) is 30.3 Å². The van der Waals surface area contributed by atoms with Crippen molar-refractivity contribution in [1.29, 1.82) is 0 Å². The zero-order valence-electron chi connectivity index (χ0n) is 19.4. The second-order valence-electron chi connectivity index (χ2n) is 7.84. The lowest BCUT2D eigenvalue weighted by Crippen LogP contribution is -2.20. The summed E-state index contributed by atoms with van der Waals surface area (Å²) in [5.41, 5.74) is 1.98. The average molecular weight is 557 g/mol. The zero-order valence-corrected chi connectivity index (χ0v) is 21.7. The van der Waals surface area contributed by atoms with Crippen LogP contribution in [0.25, 0.3) is 0 Å². The van der Waals surface area contributed by atoms with Gasteiger partial charge in [-0.2, -0.15) is 0 Å². The molecule has 0 radical (unpaired) electrons. The van der Waals surface area contributed by atoms with Gasteiger partial charge in [0.1, 0.15) is 18.1 Å². The molecule has 4 aromatic carbocycles. The van der Waals surface area contributed by atoms with Gasteiger partial charge >= 0.3 is 0 Å². The van der Waals surface area contributed by atoms with Crippen molar-refractivity contribution in [2.75, 3.05) is 16.6 Å². The smallest absolute Gasteiger partial charge is 0.262 e. The lowest BCUT2D eigenvalue weighted by Gasteiger charge is -2.12. The third kappa shape index (κ3) is 7.63. The Morgan fingerprint density at radius 1 is 0.784 bits per heavy atom. The SMILES string of the molecule is O=C(COc1ccc(S(=O)(=O)Nc2ccc(Cl)cc2)cc1Cl)Nc1ccc(OCc2ccccc2)cc1.